The predicted molar refractivity (Wildman–Crippen MR) is 199 cm³/mol. The molecule has 0 radical (unpaired) electrons. The molecule has 0 saturated heterocycles. The van der Waals surface area contributed by atoms with Crippen molar-refractivity contribution in [3.63, 3.8) is 0 Å². The lowest BCUT2D eigenvalue weighted by atomic mass is 9.90. The monoisotopic (exact) mass is 696 g/mol. The Labute approximate surface area is 277 Å². The molecule has 0 aliphatic heterocycles. The topological polar surface area (TPSA) is 0 Å². The largest absolute Gasteiger partial charge is 0.0905 e. The van der Waals surface area contributed by atoms with Gasteiger partial charge in [-0.15, -0.1) is 0 Å². The van der Waals surface area contributed by atoms with Crippen LogP contribution in [-0.4, -0.2) is 0 Å². The minimum absolute atomic E-state index is 0.341. The summed E-state index contributed by atoms with van der Waals surface area (Å²) in [6, 6.07) is 34.6. The molecular weight excluding hydrogens is 664 g/mol. The molecule has 2 heteroatoms. The molecular formula is C42H34Br2. The Hall–Kier alpha value is -3.98. The fraction of sp³-hybridized carbons (Fsp3) is 0.0952. The lowest BCUT2D eigenvalue weighted by molar-refractivity contribution is 0.829. The molecule has 216 valence electrons. The van der Waals surface area contributed by atoms with E-state index in [0.717, 1.165) is 47.9 Å². The standard InChI is InChI=1S/C42H34Br2/c1-28-22-29(2)24-37(23-28)35-11-7-8-31(25-35)12-13-32-14-18-38(43)26-36(32)17-21-41(33-9-5-4-6-10-33)40-20-16-34-15-19-39(44)27-42(34)30(40)3/h4-7,9-27,31H,3,8H2,1-2H3/b13-12?,21-17+,41-40+. The summed E-state index contributed by atoms with van der Waals surface area (Å²) >= 11 is 7.36. The van der Waals surface area contributed by atoms with Crippen molar-refractivity contribution in [2.45, 2.75) is 20.3 Å². The molecule has 0 spiro atoms. The summed E-state index contributed by atoms with van der Waals surface area (Å²) < 4.78 is 2.11. The zero-order valence-electron chi connectivity index (χ0n) is 25.0. The summed E-state index contributed by atoms with van der Waals surface area (Å²) in [5.74, 6) is 0.341. The second-order valence-electron chi connectivity index (χ2n) is 11.5. The Morgan fingerprint density at radius 3 is 2.30 bits per heavy atom. The van der Waals surface area contributed by atoms with Crippen LogP contribution >= 0.6 is 31.9 Å². The first-order valence-corrected chi connectivity index (χ1v) is 16.5. The lowest BCUT2D eigenvalue weighted by Gasteiger charge is -2.15. The number of benzene rings is 5. The first kappa shape index (κ1) is 30.1. The molecule has 0 nitrogen and oxygen atoms in total. The molecule has 0 saturated carbocycles. The number of halogens is 2. The minimum Gasteiger partial charge on any atom is -0.0905 e. The normalized spacial score (nSPS) is 15.7. The molecule has 0 N–H and O–H groups in total. The highest BCUT2D eigenvalue weighted by Gasteiger charge is 2.10. The van der Waals surface area contributed by atoms with Gasteiger partial charge in [0.2, 0.25) is 0 Å². The average Bonchev–Trinajstić information content (AvgIpc) is 3.02. The number of fused-ring (bicyclic) bond motifs is 1. The Morgan fingerprint density at radius 2 is 1.50 bits per heavy atom. The van der Waals surface area contributed by atoms with Crippen LogP contribution in [0.1, 0.15) is 39.8 Å². The van der Waals surface area contributed by atoms with Crippen molar-refractivity contribution < 1.29 is 0 Å². The Balaban J connectivity index is 1.39. The van der Waals surface area contributed by atoms with Gasteiger partial charge in [-0.3, -0.25) is 0 Å². The number of hydrogen-bond acceptors (Lipinski definition) is 0. The van der Waals surface area contributed by atoms with E-state index in [4.69, 9.17) is 0 Å². The van der Waals surface area contributed by atoms with Crippen LogP contribution in [0.3, 0.4) is 0 Å². The predicted octanol–water partition coefficient (Wildman–Crippen LogP) is 11.0. The van der Waals surface area contributed by atoms with Gasteiger partial charge in [-0.25, -0.2) is 0 Å². The molecule has 44 heavy (non-hydrogen) atoms. The zero-order chi connectivity index (χ0) is 30.6. The lowest BCUT2D eigenvalue weighted by Crippen LogP contribution is -2.26. The van der Waals surface area contributed by atoms with Crippen molar-refractivity contribution in [3.05, 3.63) is 180 Å². The van der Waals surface area contributed by atoms with E-state index in [1.54, 1.807) is 0 Å². The van der Waals surface area contributed by atoms with Crippen LogP contribution in [0.4, 0.5) is 0 Å². The summed E-state index contributed by atoms with van der Waals surface area (Å²) in [5, 5.41) is 4.49. The van der Waals surface area contributed by atoms with Crippen LogP contribution in [0.15, 0.2) is 136 Å². The second kappa shape index (κ2) is 13.3. The molecule has 1 aliphatic carbocycles. The van der Waals surface area contributed by atoms with Crippen molar-refractivity contribution in [2.24, 2.45) is 5.92 Å². The van der Waals surface area contributed by atoms with E-state index in [1.165, 1.54) is 33.2 Å². The third kappa shape index (κ3) is 6.88. The molecule has 1 unspecified atom stereocenters. The summed E-state index contributed by atoms with van der Waals surface area (Å²) in [6.45, 7) is 8.87. The van der Waals surface area contributed by atoms with Crippen LogP contribution in [0.2, 0.25) is 0 Å². The fourth-order valence-corrected chi connectivity index (χ4v) is 6.72. The Kier molecular flexibility index (Phi) is 9.12. The van der Waals surface area contributed by atoms with Crippen molar-refractivity contribution in [1.29, 1.82) is 0 Å². The van der Waals surface area contributed by atoms with Crippen molar-refractivity contribution in [2.75, 3.05) is 0 Å². The first-order valence-electron chi connectivity index (χ1n) is 14.9. The maximum Gasteiger partial charge on any atom is 0.0181 e. The molecule has 0 aromatic heterocycles. The summed E-state index contributed by atoms with van der Waals surface area (Å²) in [4.78, 5) is 0. The Bertz CT molecular complexity index is 2070. The summed E-state index contributed by atoms with van der Waals surface area (Å²) in [5.41, 5.74) is 9.83. The SMILES string of the molecule is C=c1/c(=C(\C=C\c2cc(Br)ccc2C=CC2C=C(c3cc(C)cc(C)c3)C=CC2)c2ccccc2)ccc2ccc(Br)cc12. The van der Waals surface area contributed by atoms with Crippen LogP contribution in [0.25, 0.3) is 40.6 Å². The molecule has 1 atom stereocenters. The van der Waals surface area contributed by atoms with E-state index in [2.05, 4.69) is 192 Å². The summed E-state index contributed by atoms with van der Waals surface area (Å²) in [6.07, 6.45) is 17.0. The van der Waals surface area contributed by atoms with E-state index >= 15 is 0 Å². The van der Waals surface area contributed by atoms with E-state index < -0.39 is 0 Å². The number of aryl methyl sites for hydroxylation is 2. The highest BCUT2D eigenvalue weighted by Crippen LogP contribution is 2.29. The Morgan fingerprint density at radius 1 is 0.773 bits per heavy atom. The quantitative estimate of drug-likeness (QED) is 0.166. The minimum atomic E-state index is 0.341. The maximum absolute atomic E-state index is 4.54. The number of allylic oxidation sites excluding steroid dienone is 6. The summed E-state index contributed by atoms with van der Waals surface area (Å²) in [7, 11) is 0. The molecule has 6 rings (SSSR count). The van der Waals surface area contributed by atoms with Crippen molar-refractivity contribution >= 4 is 72.5 Å². The van der Waals surface area contributed by atoms with E-state index in [0.29, 0.717) is 5.92 Å². The number of hydrogen-bond donors (Lipinski definition) is 0. The van der Waals surface area contributed by atoms with Gasteiger partial charge in [0.05, 0.1) is 0 Å². The van der Waals surface area contributed by atoms with Gasteiger partial charge in [0.25, 0.3) is 0 Å². The van der Waals surface area contributed by atoms with Crippen LogP contribution in [0.5, 0.6) is 0 Å². The molecule has 0 amide bonds. The van der Waals surface area contributed by atoms with Gasteiger partial charge in [0.1, 0.15) is 0 Å². The average molecular weight is 699 g/mol. The van der Waals surface area contributed by atoms with Gasteiger partial charge < -0.3 is 0 Å². The van der Waals surface area contributed by atoms with Gasteiger partial charge in [-0.05, 0) is 105 Å². The molecule has 1 aliphatic rings. The molecule has 0 bridgehead atoms. The van der Waals surface area contributed by atoms with E-state index in [9.17, 15) is 0 Å². The fourth-order valence-electron chi connectivity index (χ4n) is 5.98. The highest BCUT2D eigenvalue weighted by molar-refractivity contribution is 9.10. The maximum atomic E-state index is 4.54. The van der Waals surface area contributed by atoms with Crippen molar-refractivity contribution in [3.8, 4) is 0 Å². The van der Waals surface area contributed by atoms with Gasteiger partial charge in [0, 0.05) is 8.95 Å². The van der Waals surface area contributed by atoms with E-state index in [1.807, 2.05) is 0 Å². The third-order valence-electron chi connectivity index (χ3n) is 8.13. The number of rotatable bonds is 6. The zero-order valence-corrected chi connectivity index (χ0v) is 28.2. The molecule has 5 aromatic rings. The van der Waals surface area contributed by atoms with Crippen molar-refractivity contribution in [1.82, 2.24) is 0 Å². The third-order valence-corrected chi connectivity index (χ3v) is 9.11. The smallest absolute Gasteiger partial charge is 0.0181 e. The molecule has 0 heterocycles. The van der Waals surface area contributed by atoms with Crippen LogP contribution in [-0.2, 0) is 0 Å². The first-order chi connectivity index (χ1) is 21.3. The van der Waals surface area contributed by atoms with Gasteiger partial charge in [-0.1, -0.05) is 165 Å². The van der Waals surface area contributed by atoms with Crippen LogP contribution < -0.4 is 10.4 Å². The molecule has 5 aromatic carbocycles. The second-order valence-corrected chi connectivity index (χ2v) is 13.3. The van der Waals surface area contributed by atoms with E-state index in [-0.39, 0.29) is 0 Å². The van der Waals surface area contributed by atoms with Gasteiger partial charge >= 0.3 is 0 Å². The van der Waals surface area contributed by atoms with Gasteiger partial charge in [0.15, 0.2) is 0 Å². The van der Waals surface area contributed by atoms with Crippen LogP contribution in [0, 0.1) is 19.8 Å². The molecule has 0 fully saturated rings. The van der Waals surface area contributed by atoms with Gasteiger partial charge in [-0.2, -0.15) is 0 Å². The highest BCUT2D eigenvalue weighted by atomic mass is 79.9.